The molecule has 1 aromatic rings. The van der Waals surface area contributed by atoms with E-state index in [1.807, 2.05) is 12.1 Å². The van der Waals surface area contributed by atoms with Gasteiger partial charge in [0.25, 0.3) is 0 Å². The molecular formula is C20H27NO2. The monoisotopic (exact) mass is 313 g/mol. The van der Waals surface area contributed by atoms with Crippen molar-refractivity contribution in [3.05, 3.63) is 29.3 Å². The van der Waals surface area contributed by atoms with Gasteiger partial charge >= 0.3 is 0 Å². The first-order valence-electron chi connectivity index (χ1n) is 9.14. The molecule has 1 spiro atoms. The molecule has 3 aliphatic rings. The molecule has 0 bridgehead atoms. The third kappa shape index (κ3) is 2.69. The molecule has 3 nitrogen and oxygen atoms in total. The van der Waals surface area contributed by atoms with E-state index in [2.05, 4.69) is 11.0 Å². The van der Waals surface area contributed by atoms with E-state index in [0.717, 1.165) is 56.0 Å². The van der Waals surface area contributed by atoms with Crippen LogP contribution in [0, 0.1) is 11.3 Å². The zero-order chi connectivity index (χ0) is 15.9. The molecular weight excluding hydrogens is 286 g/mol. The number of nitrogens with zero attached hydrogens (tertiary/aromatic N) is 1. The molecule has 0 aromatic heterocycles. The molecule has 0 N–H and O–H groups in total. The van der Waals surface area contributed by atoms with E-state index < -0.39 is 0 Å². The van der Waals surface area contributed by atoms with Crippen molar-refractivity contribution >= 4 is 5.78 Å². The van der Waals surface area contributed by atoms with Gasteiger partial charge in [-0.3, -0.25) is 4.79 Å². The van der Waals surface area contributed by atoms with Crippen LogP contribution in [0.15, 0.2) is 18.2 Å². The number of hydrogen-bond donors (Lipinski definition) is 0. The minimum absolute atomic E-state index is 0.102. The van der Waals surface area contributed by atoms with Crippen molar-refractivity contribution < 1.29 is 9.53 Å². The number of fused-ring (bicyclic) bond motifs is 1. The Labute approximate surface area is 139 Å². The van der Waals surface area contributed by atoms with Crippen LogP contribution in [0.4, 0.5) is 0 Å². The maximum absolute atomic E-state index is 13.2. The average Bonchev–Trinajstić information content (AvgIpc) is 2.56. The predicted octanol–water partition coefficient (Wildman–Crippen LogP) is 3.71. The molecule has 124 valence electrons. The number of likely N-dealkylation sites (tertiary alicyclic amines) is 1. The molecule has 1 saturated carbocycles. The topological polar surface area (TPSA) is 29.5 Å². The molecule has 23 heavy (non-hydrogen) atoms. The van der Waals surface area contributed by atoms with Gasteiger partial charge < -0.3 is 9.64 Å². The Morgan fingerprint density at radius 2 is 2.00 bits per heavy atom. The van der Waals surface area contributed by atoms with E-state index in [1.54, 1.807) is 7.11 Å². The van der Waals surface area contributed by atoms with Crippen molar-refractivity contribution in [1.82, 2.24) is 4.90 Å². The molecule has 4 rings (SSSR count). The Balaban J connectivity index is 1.48. The van der Waals surface area contributed by atoms with Gasteiger partial charge in [-0.1, -0.05) is 12.5 Å². The second-order valence-corrected chi connectivity index (χ2v) is 7.73. The zero-order valence-electron chi connectivity index (χ0n) is 14.1. The van der Waals surface area contributed by atoms with E-state index in [0.29, 0.717) is 5.78 Å². The summed E-state index contributed by atoms with van der Waals surface area (Å²) in [5.74, 6) is 2.11. The SMILES string of the molecule is COc1ccc2c(c1)C(=O)C1(CC2)CCN(CC2CCC2)CC1. The van der Waals surface area contributed by atoms with E-state index in [4.69, 9.17) is 4.74 Å². The Hall–Kier alpha value is -1.35. The summed E-state index contributed by atoms with van der Waals surface area (Å²) in [4.78, 5) is 15.8. The number of aryl methyl sites for hydroxylation is 1. The lowest BCUT2D eigenvalue weighted by Gasteiger charge is -2.44. The summed E-state index contributed by atoms with van der Waals surface area (Å²) in [5.41, 5.74) is 2.02. The predicted molar refractivity (Wildman–Crippen MR) is 91.1 cm³/mol. The molecule has 1 heterocycles. The van der Waals surface area contributed by atoms with Crippen LogP contribution < -0.4 is 4.74 Å². The Kier molecular flexibility index (Phi) is 3.92. The van der Waals surface area contributed by atoms with Crippen LogP contribution in [0.5, 0.6) is 5.75 Å². The lowest BCUT2D eigenvalue weighted by molar-refractivity contribution is 0.0480. The first-order valence-corrected chi connectivity index (χ1v) is 9.14. The molecule has 3 heteroatoms. The number of hydrogen-bond acceptors (Lipinski definition) is 3. The van der Waals surface area contributed by atoms with Crippen LogP contribution in [0.3, 0.4) is 0 Å². The molecule has 1 aliphatic heterocycles. The first kappa shape index (κ1) is 15.2. The van der Waals surface area contributed by atoms with Crippen molar-refractivity contribution in [2.75, 3.05) is 26.7 Å². The summed E-state index contributed by atoms with van der Waals surface area (Å²) >= 11 is 0. The fourth-order valence-corrected chi connectivity index (χ4v) is 4.57. The highest BCUT2D eigenvalue weighted by molar-refractivity contribution is 6.03. The third-order valence-corrected chi connectivity index (χ3v) is 6.47. The summed E-state index contributed by atoms with van der Waals surface area (Å²) in [6.07, 6.45) is 8.38. The van der Waals surface area contributed by atoms with Crippen molar-refractivity contribution in [2.45, 2.75) is 44.9 Å². The Bertz CT molecular complexity index is 598. The number of Topliss-reactive ketones (excluding diaryl/α,β-unsaturated/α-hetero) is 1. The highest BCUT2D eigenvalue weighted by Gasteiger charge is 2.44. The standard InChI is InChI=1S/C20H27NO2/c1-23-17-6-5-16-7-8-20(19(22)18(16)13-17)9-11-21(12-10-20)14-15-3-2-4-15/h5-6,13,15H,2-4,7-12,14H2,1H3. The number of methoxy groups -OCH3 is 1. The molecule has 0 unspecified atom stereocenters. The third-order valence-electron chi connectivity index (χ3n) is 6.47. The van der Waals surface area contributed by atoms with Gasteiger partial charge in [0.2, 0.25) is 0 Å². The van der Waals surface area contributed by atoms with E-state index >= 15 is 0 Å². The van der Waals surface area contributed by atoms with Crippen molar-refractivity contribution in [2.24, 2.45) is 11.3 Å². The lowest BCUT2D eigenvalue weighted by atomic mass is 9.65. The smallest absolute Gasteiger partial charge is 0.169 e. The van der Waals surface area contributed by atoms with Gasteiger partial charge in [0.1, 0.15) is 5.75 Å². The van der Waals surface area contributed by atoms with Gasteiger partial charge in [0.15, 0.2) is 5.78 Å². The van der Waals surface area contributed by atoms with E-state index in [1.165, 1.54) is 31.4 Å². The van der Waals surface area contributed by atoms with E-state index in [-0.39, 0.29) is 5.41 Å². The Morgan fingerprint density at radius 3 is 2.65 bits per heavy atom. The summed E-state index contributed by atoms with van der Waals surface area (Å²) in [7, 11) is 1.67. The lowest BCUT2D eigenvalue weighted by Crippen LogP contribution is -2.48. The van der Waals surface area contributed by atoms with E-state index in [9.17, 15) is 4.79 Å². The number of benzene rings is 1. The summed E-state index contributed by atoms with van der Waals surface area (Å²) in [6, 6.07) is 6.01. The number of piperidine rings is 1. The maximum Gasteiger partial charge on any atom is 0.169 e. The number of ether oxygens (including phenoxy) is 1. The van der Waals surface area contributed by atoms with Crippen LogP contribution in [0.2, 0.25) is 0 Å². The maximum atomic E-state index is 13.2. The van der Waals surface area contributed by atoms with Gasteiger partial charge in [-0.25, -0.2) is 0 Å². The average molecular weight is 313 g/mol. The quantitative estimate of drug-likeness (QED) is 0.852. The molecule has 2 aliphatic carbocycles. The summed E-state index contributed by atoms with van der Waals surface area (Å²) in [5, 5.41) is 0. The highest BCUT2D eigenvalue weighted by atomic mass is 16.5. The molecule has 0 amide bonds. The van der Waals surface area contributed by atoms with Gasteiger partial charge in [-0.2, -0.15) is 0 Å². The van der Waals surface area contributed by atoms with Gasteiger partial charge in [-0.15, -0.1) is 0 Å². The van der Waals surface area contributed by atoms with Crippen LogP contribution in [0.25, 0.3) is 0 Å². The van der Waals surface area contributed by atoms with Crippen LogP contribution in [-0.4, -0.2) is 37.4 Å². The number of ketones is 1. The second kappa shape index (κ2) is 5.94. The minimum Gasteiger partial charge on any atom is -0.497 e. The zero-order valence-corrected chi connectivity index (χ0v) is 14.1. The fraction of sp³-hybridized carbons (Fsp3) is 0.650. The summed E-state index contributed by atoms with van der Waals surface area (Å²) in [6.45, 7) is 3.46. The van der Waals surface area contributed by atoms with Gasteiger partial charge in [0, 0.05) is 17.5 Å². The molecule has 0 radical (unpaired) electrons. The second-order valence-electron chi connectivity index (χ2n) is 7.73. The van der Waals surface area contributed by atoms with Crippen LogP contribution in [0.1, 0.15) is 54.4 Å². The van der Waals surface area contributed by atoms with Crippen molar-refractivity contribution in [3.8, 4) is 5.75 Å². The van der Waals surface area contributed by atoms with Gasteiger partial charge in [-0.05, 0) is 75.2 Å². The molecule has 1 aromatic carbocycles. The number of rotatable bonds is 3. The Morgan fingerprint density at radius 1 is 1.22 bits per heavy atom. The largest absolute Gasteiger partial charge is 0.497 e. The number of carbonyl (C=O) groups excluding carboxylic acids is 1. The normalized spacial score (nSPS) is 24.3. The highest BCUT2D eigenvalue weighted by Crippen LogP contribution is 2.44. The van der Waals surface area contributed by atoms with Gasteiger partial charge in [0.05, 0.1) is 7.11 Å². The van der Waals surface area contributed by atoms with Crippen molar-refractivity contribution in [1.29, 1.82) is 0 Å². The minimum atomic E-state index is -0.102. The molecule has 1 saturated heterocycles. The molecule has 0 atom stereocenters. The van der Waals surface area contributed by atoms with Crippen LogP contribution >= 0.6 is 0 Å². The number of carbonyl (C=O) groups is 1. The molecule has 2 fully saturated rings. The van der Waals surface area contributed by atoms with Crippen molar-refractivity contribution in [3.63, 3.8) is 0 Å². The van der Waals surface area contributed by atoms with Crippen LogP contribution in [-0.2, 0) is 6.42 Å². The fourth-order valence-electron chi connectivity index (χ4n) is 4.57. The first-order chi connectivity index (χ1) is 11.2. The summed E-state index contributed by atoms with van der Waals surface area (Å²) < 4.78 is 5.32.